The second kappa shape index (κ2) is 9.98. The summed E-state index contributed by atoms with van der Waals surface area (Å²) in [6, 6.07) is 11.0. The second-order valence-electron chi connectivity index (χ2n) is 7.09. The van der Waals surface area contributed by atoms with Crippen LogP contribution < -0.4 is 10.1 Å². The minimum Gasteiger partial charge on any atom is -0.496 e. The van der Waals surface area contributed by atoms with Crippen molar-refractivity contribution in [3.8, 4) is 5.75 Å². The van der Waals surface area contributed by atoms with E-state index in [0.717, 1.165) is 36.9 Å². The van der Waals surface area contributed by atoms with Gasteiger partial charge in [0.1, 0.15) is 11.6 Å². The van der Waals surface area contributed by atoms with Gasteiger partial charge in [-0.15, -0.1) is 0 Å². The molecule has 0 atom stereocenters. The van der Waals surface area contributed by atoms with Gasteiger partial charge in [0.05, 0.1) is 11.6 Å². The van der Waals surface area contributed by atoms with Crippen molar-refractivity contribution in [3.05, 3.63) is 63.9 Å². The normalized spacial score (nSPS) is 15.1. The number of rotatable bonds is 7. The highest BCUT2D eigenvalue weighted by Gasteiger charge is 2.25. The van der Waals surface area contributed by atoms with Crippen molar-refractivity contribution in [1.82, 2.24) is 10.2 Å². The Morgan fingerprint density at radius 2 is 1.79 bits per heavy atom. The van der Waals surface area contributed by atoms with Crippen molar-refractivity contribution < 1.29 is 18.7 Å². The molecule has 0 unspecified atom stereocenters. The third kappa shape index (κ3) is 5.64. The minimum atomic E-state index is -0.333. The molecular weight excluding hydrogens is 439 g/mol. The number of amides is 1. The number of hydrogen-bond acceptors (Lipinski definition) is 4. The number of ether oxygens (including phenoxy) is 1. The molecular formula is C22H24BrFN2O3. The van der Waals surface area contributed by atoms with Crippen LogP contribution in [0, 0.1) is 11.7 Å². The van der Waals surface area contributed by atoms with Crippen molar-refractivity contribution in [2.45, 2.75) is 12.8 Å². The van der Waals surface area contributed by atoms with E-state index in [2.05, 4.69) is 26.1 Å². The van der Waals surface area contributed by atoms with Crippen LogP contribution in [0.5, 0.6) is 5.75 Å². The van der Waals surface area contributed by atoms with Crippen LogP contribution in [-0.4, -0.2) is 49.9 Å². The first-order valence-electron chi connectivity index (χ1n) is 9.62. The Balaban J connectivity index is 1.42. The number of methoxy groups -OCH3 is 1. The number of piperidine rings is 1. The number of benzene rings is 2. The molecule has 1 N–H and O–H groups in total. The summed E-state index contributed by atoms with van der Waals surface area (Å²) >= 11 is 3.38. The molecule has 3 rings (SSSR count). The van der Waals surface area contributed by atoms with Crippen LogP contribution in [0.1, 0.15) is 33.6 Å². The molecule has 0 saturated carbocycles. The first-order valence-corrected chi connectivity index (χ1v) is 10.4. The van der Waals surface area contributed by atoms with Crippen LogP contribution in [0.2, 0.25) is 0 Å². The maximum absolute atomic E-state index is 13.0. The smallest absolute Gasteiger partial charge is 0.251 e. The van der Waals surface area contributed by atoms with E-state index in [1.54, 1.807) is 37.4 Å². The molecule has 7 heteroatoms. The van der Waals surface area contributed by atoms with Crippen molar-refractivity contribution in [2.24, 2.45) is 5.92 Å². The molecule has 1 saturated heterocycles. The lowest BCUT2D eigenvalue weighted by atomic mass is 9.89. The molecule has 1 aliphatic rings. The summed E-state index contributed by atoms with van der Waals surface area (Å²) in [5.74, 6) is 0.278. The average molecular weight is 463 g/mol. The van der Waals surface area contributed by atoms with Crippen LogP contribution in [0.15, 0.2) is 46.9 Å². The highest BCUT2D eigenvalue weighted by Crippen LogP contribution is 2.25. The predicted molar refractivity (Wildman–Crippen MR) is 113 cm³/mol. The lowest BCUT2D eigenvalue weighted by Crippen LogP contribution is -2.41. The third-order valence-electron chi connectivity index (χ3n) is 5.21. The van der Waals surface area contributed by atoms with Gasteiger partial charge in [-0.1, -0.05) is 0 Å². The molecule has 0 aliphatic carbocycles. The van der Waals surface area contributed by atoms with Crippen LogP contribution in [-0.2, 0) is 0 Å². The molecule has 29 heavy (non-hydrogen) atoms. The maximum atomic E-state index is 13.0. The van der Waals surface area contributed by atoms with E-state index in [4.69, 9.17) is 4.74 Å². The number of carbonyl (C=O) groups excluding carboxylic acids is 2. The van der Waals surface area contributed by atoms with Crippen molar-refractivity contribution in [2.75, 3.05) is 33.3 Å². The lowest BCUT2D eigenvalue weighted by Gasteiger charge is -2.31. The standard InChI is InChI=1S/C22H24BrFN2O3/c1-29-20-7-4-17(14-19(20)23)22(28)25-10-13-26-11-8-16(9-12-26)21(27)15-2-5-18(24)6-3-15/h2-7,14,16H,8-13H2,1H3,(H,25,28). The summed E-state index contributed by atoms with van der Waals surface area (Å²) in [6.07, 6.45) is 1.55. The Hall–Kier alpha value is -2.25. The fraction of sp³-hybridized carbons (Fsp3) is 0.364. The van der Waals surface area contributed by atoms with Gasteiger partial charge < -0.3 is 15.0 Å². The quantitative estimate of drug-likeness (QED) is 0.633. The SMILES string of the molecule is COc1ccc(C(=O)NCCN2CCC(C(=O)c3ccc(F)cc3)CC2)cc1Br. The number of nitrogens with zero attached hydrogens (tertiary/aromatic N) is 1. The van der Waals surface area contributed by atoms with Gasteiger partial charge >= 0.3 is 0 Å². The molecule has 0 aromatic heterocycles. The van der Waals surface area contributed by atoms with Crippen LogP contribution in [0.25, 0.3) is 0 Å². The van der Waals surface area contributed by atoms with Crippen molar-refractivity contribution >= 4 is 27.6 Å². The van der Waals surface area contributed by atoms with Crippen molar-refractivity contribution in [1.29, 1.82) is 0 Å². The number of nitrogens with one attached hydrogen (secondary N) is 1. The number of halogens is 2. The number of hydrogen-bond donors (Lipinski definition) is 1. The highest BCUT2D eigenvalue weighted by molar-refractivity contribution is 9.10. The van der Waals surface area contributed by atoms with E-state index < -0.39 is 0 Å². The van der Waals surface area contributed by atoms with Gasteiger partial charge in [0.15, 0.2) is 5.78 Å². The predicted octanol–water partition coefficient (Wildman–Crippen LogP) is 3.92. The van der Waals surface area contributed by atoms with Gasteiger partial charge in [0.25, 0.3) is 5.91 Å². The Labute approximate surface area is 178 Å². The van der Waals surface area contributed by atoms with E-state index in [1.165, 1.54) is 12.1 Å². The Morgan fingerprint density at radius 3 is 2.41 bits per heavy atom. The molecule has 2 aromatic rings. The molecule has 0 bridgehead atoms. The summed E-state index contributed by atoms with van der Waals surface area (Å²) in [6.45, 7) is 2.89. The van der Waals surface area contributed by atoms with Crippen molar-refractivity contribution in [3.63, 3.8) is 0 Å². The van der Waals surface area contributed by atoms with Gasteiger partial charge in [-0.3, -0.25) is 9.59 Å². The average Bonchev–Trinajstić information content (AvgIpc) is 2.74. The maximum Gasteiger partial charge on any atom is 0.251 e. The second-order valence-corrected chi connectivity index (χ2v) is 7.95. The molecule has 1 aliphatic heterocycles. The topological polar surface area (TPSA) is 58.6 Å². The van der Waals surface area contributed by atoms with Gasteiger partial charge in [-0.05, 0) is 84.3 Å². The summed E-state index contributed by atoms with van der Waals surface area (Å²) in [4.78, 5) is 27.1. The number of carbonyl (C=O) groups is 2. The molecule has 0 radical (unpaired) electrons. The van der Waals surface area contributed by atoms with Gasteiger partial charge in [-0.2, -0.15) is 0 Å². The van der Waals surface area contributed by atoms with Gasteiger partial charge in [0.2, 0.25) is 0 Å². The number of likely N-dealkylation sites (tertiary alicyclic amines) is 1. The first kappa shape index (κ1) is 21.5. The first-order chi connectivity index (χ1) is 14.0. The fourth-order valence-electron chi connectivity index (χ4n) is 3.51. The summed E-state index contributed by atoms with van der Waals surface area (Å²) in [5.41, 5.74) is 1.14. The van der Waals surface area contributed by atoms with Gasteiger partial charge in [-0.25, -0.2) is 4.39 Å². The lowest BCUT2D eigenvalue weighted by molar-refractivity contribution is 0.0839. The van der Waals surface area contributed by atoms with E-state index in [-0.39, 0.29) is 23.4 Å². The number of Topliss-reactive ketones (excluding diaryl/α,β-unsaturated/α-hetero) is 1. The van der Waals surface area contributed by atoms with E-state index in [0.29, 0.717) is 23.4 Å². The molecule has 1 heterocycles. The molecule has 2 aromatic carbocycles. The monoisotopic (exact) mass is 462 g/mol. The summed E-state index contributed by atoms with van der Waals surface area (Å²) < 4.78 is 18.9. The largest absolute Gasteiger partial charge is 0.496 e. The van der Waals surface area contributed by atoms with Crippen LogP contribution in [0.3, 0.4) is 0 Å². The fourth-order valence-corrected chi connectivity index (χ4v) is 4.05. The Morgan fingerprint density at radius 1 is 1.14 bits per heavy atom. The Bertz CT molecular complexity index is 865. The zero-order valence-electron chi connectivity index (χ0n) is 16.3. The molecule has 5 nitrogen and oxygen atoms in total. The van der Waals surface area contributed by atoms with Crippen LogP contribution in [0.4, 0.5) is 4.39 Å². The summed E-state index contributed by atoms with van der Waals surface area (Å²) in [7, 11) is 1.58. The Kier molecular flexibility index (Phi) is 7.39. The minimum absolute atomic E-state index is 0.0250. The molecule has 154 valence electrons. The number of ketones is 1. The van der Waals surface area contributed by atoms with Gasteiger partial charge in [0, 0.05) is 30.1 Å². The van der Waals surface area contributed by atoms with E-state index >= 15 is 0 Å². The van der Waals surface area contributed by atoms with E-state index in [9.17, 15) is 14.0 Å². The summed E-state index contributed by atoms with van der Waals surface area (Å²) in [5, 5.41) is 2.93. The zero-order chi connectivity index (χ0) is 20.8. The zero-order valence-corrected chi connectivity index (χ0v) is 17.9. The highest BCUT2D eigenvalue weighted by atomic mass is 79.9. The molecule has 1 fully saturated rings. The van der Waals surface area contributed by atoms with Crippen LogP contribution >= 0.6 is 15.9 Å². The molecule has 1 amide bonds. The third-order valence-corrected chi connectivity index (χ3v) is 5.83. The van der Waals surface area contributed by atoms with E-state index in [1.807, 2.05) is 0 Å². The molecule has 0 spiro atoms.